The van der Waals surface area contributed by atoms with Crippen molar-refractivity contribution in [3.8, 4) is 0 Å². The second kappa shape index (κ2) is 5.70. The van der Waals surface area contributed by atoms with Crippen molar-refractivity contribution in [3.05, 3.63) is 64.8 Å². The Morgan fingerprint density at radius 3 is 2.74 bits per heavy atom. The fourth-order valence-corrected chi connectivity index (χ4v) is 3.25. The van der Waals surface area contributed by atoms with Crippen LogP contribution in [-0.4, -0.2) is 27.5 Å². The molecule has 0 radical (unpaired) electrons. The van der Waals surface area contributed by atoms with Gasteiger partial charge in [0.1, 0.15) is 0 Å². The summed E-state index contributed by atoms with van der Waals surface area (Å²) in [7, 11) is 0. The summed E-state index contributed by atoms with van der Waals surface area (Å²) in [5.74, 6) is 0.130. The molecule has 1 amide bonds. The summed E-state index contributed by atoms with van der Waals surface area (Å²) >= 11 is 5.94. The summed E-state index contributed by atoms with van der Waals surface area (Å²) in [6.45, 7) is 0.804. The first kappa shape index (κ1) is 14.3. The number of rotatable bonds is 3. The molecule has 0 unspecified atom stereocenters. The lowest BCUT2D eigenvalue weighted by Crippen LogP contribution is -2.45. The summed E-state index contributed by atoms with van der Waals surface area (Å²) in [5, 5.41) is 8.98. The van der Waals surface area contributed by atoms with Crippen LogP contribution < -0.4 is 0 Å². The van der Waals surface area contributed by atoms with Gasteiger partial charge in [-0.05, 0) is 30.2 Å². The monoisotopic (exact) mass is 325 g/mol. The van der Waals surface area contributed by atoms with E-state index in [1.165, 1.54) is 0 Å². The Kier molecular flexibility index (Phi) is 3.54. The Balaban J connectivity index is 1.52. The Morgan fingerprint density at radius 1 is 1.22 bits per heavy atom. The first-order chi connectivity index (χ1) is 11.2. The van der Waals surface area contributed by atoms with Crippen molar-refractivity contribution in [2.24, 2.45) is 0 Å². The number of hydrogen-bond donors (Lipinski definition) is 1. The van der Waals surface area contributed by atoms with E-state index in [2.05, 4.69) is 10.2 Å². The molecule has 1 atom stereocenters. The zero-order valence-corrected chi connectivity index (χ0v) is 13.3. The molecule has 2 heterocycles. The molecule has 5 heteroatoms. The number of nitrogens with one attached hydrogen (secondary N) is 1. The van der Waals surface area contributed by atoms with Gasteiger partial charge in [-0.15, -0.1) is 0 Å². The molecule has 23 heavy (non-hydrogen) atoms. The smallest absolute Gasteiger partial charge is 0.229 e. The minimum Gasteiger partial charge on any atom is -0.335 e. The number of nitrogens with zero attached hydrogens (tertiary/aromatic N) is 2. The standard InChI is InChI=1S/C18H16ClN3O/c19-13-7-5-12(6-8-13)17-9-10-22(17)18(23)11-16-14-3-1-2-4-15(14)20-21-16/h1-8,17H,9-11H2,(H,20,21)/t17-/m1/s1. The SMILES string of the molecule is O=C(Cc1[nH]nc2ccccc12)N1CC[C@@H]1c1ccc(Cl)cc1. The van der Waals surface area contributed by atoms with E-state index < -0.39 is 0 Å². The van der Waals surface area contributed by atoms with E-state index in [0.717, 1.165) is 40.1 Å². The number of aromatic amines is 1. The van der Waals surface area contributed by atoms with Gasteiger partial charge in [-0.25, -0.2) is 0 Å². The highest BCUT2D eigenvalue weighted by Gasteiger charge is 2.33. The average Bonchev–Trinajstić information content (AvgIpc) is 2.92. The largest absolute Gasteiger partial charge is 0.335 e. The van der Waals surface area contributed by atoms with Crippen molar-refractivity contribution in [2.75, 3.05) is 6.54 Å². The van der Waals surface area contributed by atoms with Crippen molar-refractivity contribution in [1.29, 1.82) is 0 Å². The average molecular weight is 326 g/mol. The molecule has 3 aromatic rings. The van der Waals surface area contributed by atoms with Gasteiger partial charge >= 0.3 is 0 Å². The Labute approximate surface area is 139 Å². The number of halogens is 1. The number of carbonyl (C=O) groups is 1. The number of para-hydroxylation sites is 1. The fourth-order valence-electron chi connectivity index (χ4n) is 3.12. The normalized spacial score (nSPS) is 17.3. The second-order valence-corrected chi connectivity index (χ2v) is 6.28. The molecule has 1 fully saturated rings. The number of benzene rings is 2. The van der Waals surface area contributed by atoms with Gasteiger partial charge in [-0.2, -0.15) is 5.10 Å². The van der Waals surface area contributed by atoms with Crippen LogP contribution in [0.5, 0.6) is 0 Å². The number of carbonyl (C=O) groups excluding carboxylic acids is 1. The van der Waals surface area contributed by atoms with Crippen molar-refractivity contribution < 1.29 is 4.79 Å². The van der Waals surface area contributed by atoms with Gasteiger partial charge in [-0.3, -0.25) is 9.89 Å². The lowest BCUT2D eigenvalue weighted by molar-refractivity contribution is -0.138. The lowest BCUT2D eigenvalue weighted by atomic mass is 9.94. The number of likely N-dealkylation sites (tertiary alicyclic amines) is 1. The minimum atomic E-state index is 0.130. The maximum atomic E-state index is 12.6. The van der Waals surface area contributed by atoms with Crippen LogP contribution in [-0.2, 0) is 11.2 Å². The number of hydrogen-bond acceptors (Lipinski definition) is 2. The first-order valence-corrected chi connectivity index (χ1v) is 8.07. The molecule has 1 N–H and O–H groups in total. The molecular formula is C18H16ClN3O. The van der Waals surface area contributed by atoms with E-state index in [-0.39, 0.29) is 11.9 Å². The zero-order valence-electron chi connectivity index (χ0n) is 12.5. The molecule has 0 spiro atoms. The van der Waals surface area contributed by atoms with E-state index in [1.807, 2.05) is 53.4 Å². The van der Waals surface area contributed by atoms with Crippen molar-refractivity contribution >= 4 is 28.4 Å². The van der Waals surface area contributed by atoms with E-state index in [0.29, 0.717) is 6.42 Å². The third kappa shape index (κ3) is 2.59. The molecule has 1 aromatic heterocycles. The molecule has 1 aliphatic heterocycles. The van der Waals surface area contributed by atoms with Crippen molar-refractivity contribution in [2.45, 2.75) is 18.9 Å². The second-order valence-electron chi connectivity index (χ2n) is 5.84. The predicted octanol–water partition coefficient (Wildman–Crippen LogP) is 3.73. The van der Waals surface area contributed by atoms with Crippen molar-refractivity contribution in [3.63, 3.8) is 0 Å². The van der Waals surface area contributed by atoms with Gasteiger partial charge < -0.3 is 4.90 Å². The van der Waals surface area contributed by atoms with Gasteiger partial charge in [0.2, 0.25) is 5.91 Å². The van der Waals surface area contributed by atoms with Gasteiger partial charge in [0.05, 0.1) is 23.7 Å². The van der Waals surface area contributed by atoms with Crippen molar-refractivity contribution in [1.82, 2.24) is 15.1 Å². The van der Waals surface area contributed by atoms with Crippen LogP contribution in [0.4, 0.5) is 0 Å². The van der Waals surface area contributed by atoms with Crippen LogP contribution in [0.15, 0.2) is 48.5 Å². The van der Waals surface area contributed by atoms with Gasteiger partial charge in [0, 0.05) is 17.0 Å². The summed E-state index contributed by atoms with van der Waals surface area (Å²) in [6, 6.07) is 15.8. The summed E-state index contributed by atoms with van der Waals surface area (Å²) in [5.41, 5.74) is 2.92. The molecule has 0 aliphatic carbocycles. The Hall–Kier alpha value is -2.33. The Morgan fingerprint density at radius 2 is 2.00 bits per heavy atom. The first-order valence-electron chi connectivity index (χ1n) is 7.69. The molecule has 1 aliphatic rings. The number of H-pyrrole nitrogens is 1. The molecule has 2 aromatic carbocycles. The molecule has 1 saturated heterocycles. The summed E-state index contributed by atoms with van der Waals surface area (Å²) < 4.78 is 0. The fraction of sp³-hybridized carbons (Fsp3) is 0.222. The van der Waals surface area contributed by atoms with Crippen LogP contribution in [0.3, 0.4) is 0 Å². The molecule has 116 valence electrons. The van der Waals surface area contributed by atoms with Crippen LogP contribution in [0.25, 0.3) is 10.9 Å². The van der Waals surface area contributed by atoms with E-state index in [1.54, 1.807) is 0 Å². The minimum absolute atomic E-state index is 0.130. The third-order valence-corrected chi connectivity index (χ3v) is 4.72. The summed E-state index contributed by atoms with van der Waals surface area (Å²) in [4.78, 5) is 14.6. The molecule has 4 nitrogen and oxygen atoms in total. The molecule has 0 saturated carbocycles. The molecule has 0 bridgehead atoms. The zero-order chi connectivity index (χ0) is 15.8. The number of fused-ring (bicyclic) bond motifs is 1. The molecular weight excluding hydrogens is 310 g/mol. The van der Waals surface area contributed by atoms with E-state index >= 15 is 0 Å². The van der Waals surface area contributed by atoms with E-state index in [9.17, 15) is 4.79 Å². The van der Waals surface area contributed by atoms with Gasteiger partial charge in [0.15, 0.2) is 0 Å². The maximum Gasteiger partial charge on any atom is 0.229 e. The van der Waals surface area contributed by atoms with Crippen LogP contribution >= 0.6 is 11.6 Å². The highest BCUT2D eigenvalue weighted by molar-refractivity contribution is 6.30. The predicted molar refractivity (Wildman–Crippen MR) is 90.3 cm³/mol. The van der Waals surface area contributed by atoms with Crippen LogP contribution in [0.1, 0.15) is 23.7 Å². The topological polar surface area (TPSA) is 49.0 Å². The molecule has 4 rings (SSSR count). The summed E-state index contributed by atoms with van der Waals surface area (Å²) in [6.07, 6.45) is 1.35. The van der Waals surface area contributed by atoms with Crippen LogP contribution in [0.2, 0.25) is 5.02 Å². The lowest BCUT2D eigenvalue weighted by Gasteiger charge is -2.41. The van der Waals surface area contributed by atoms with Gasteiger partial charge in [-0.1, -0.05) is 41.9 Å². The maximum absolute atomic E-state index is 12.6. The quantitative estimate of drug-likeness (QED) is 0.797. The van der Waals surface area contributed by atoms with Gasteiger partial charge in [0.25, 0.3) is 0 Å². The van der Waals surface area contributed by atoms with Crippen LogP contribution in [0, 0.1) is 0 Å². The number of aromatic nitrogens is 2. The Bertz CT molecular complexity index is 856. The highest BCUT2D eigenvalue weighted by Crippen LogP contribution is 2.34. The third-order valence-electron chi connectivity index (χ3n) is 4.46. The van der Waals surface area contributed by atoms with E-state index in [4.69, 9.17) is 11.6 Å². The number of amides is 1. The highest BCUT2D eigenvalue weighted by atomic mass is 35.5.